The smallest absolute Gasteiger partial charge is 0.252 e. The molecule has 2 rings (SSSR count). The standard InChI is InChI=1S/C33H48N8O11/c1-17(2)26(16-43)41(18(3)44)33(52)25-5-4-12-40(25)32(51)24(13-19-6-8-20(45)9-7-19)39-31(50)23(14-28(36)47)38-30(49)22(10-11-27(35)46)37-29(48)21(34)15-42/h6-9,16-17,21-26,42,45H,4-5,10-15,34H2,1-3H3,(H2,35,46)(H2,36,47)(H,37,48)(H,38,49)(H,39,50)/t21-,22-,23-,24-,25-,26+/m0/s1. The molecule has 1 aromatic rings. The van der Waals surface area contributed by atoms with Crippen molar-refractivity contribution >= 4 is 53.5 Å². The summed E-state index contributed by atoms with van der Waals surface area (Å²) >= 11 is 0. The lowest BCUT2D eigenvalue weighted by atomic mass is 10.0. The van der Waals surface area contributed by atoms with Crippen LogP contribution in [0.3, 0.4) is 0 Å². The maximum Gasteiger partial charge on any atom is 0.252 e. The highest BCUT2D eigenvalue weighted by molar-refractivity contribution is 6.02. The fourth-order valence-corrected chi connectivity index (χ4v) is 5.62. The number of rotatable bonds is 19. The zero-order valence-electron chi connectivity index (χ0n) is 29.3. The third-order valence-electron chi connectivity index (χ3n) is 8.39. The second-order valence-electron chi connectivity index (χ2n) is 12.8. The zero-order chi connectivity index (χ0) is 39.3. The Bertz CT molecular complexity index is 1500. The van der Waals surface area contributed by atoms with Crippen molar-refractivity contribution in [1.29, 1.82) is 0 Å². The Morgan fingerprint density at radius 2 is 1.50 bits per heavy atom. The Hall–Kier alpha value is -5.43. The predicted molar refractivity (Wildman–Crippen MR) is 182 cm³/mol. The third-order valence-corrected chi connectivity index (χ3v) is 8.39. The number of primary amides is 2. The number of aromatic hydroxyl groups is 1. The number of phenols is 1. The molecule has 0 radical (unpaired) electrons. The minimum atomic E-state index is -1.72. The minimum absolute atomic E-state index is 0.0506. The molecule has 0 saturated carbocycles. The van der Waals surface area contributed by atoms with E-state index < -0.39 is 102 Å². The third kappa shape index (κ3) is 12.1. The lowest BCUT2D eigenvalue weighted by molar-refractivity contribution is -0.155. The van der Waals surface area contributed by atoms with E-state index in [-0.39, 0.29) is 38.0 Å². The molecule has 286 valence electrons. The molecule has 52 heavy (non-hydrogen) atoms. The molecule has 1 aliphatic heterocycles. The number of benzene rings is 1. The number of phenolic OH excluding ortho intramolecular Hbond substituents is 1. The van der Waals surface area contributed by atoms with Gasteiger partial charge in [-0.05, 0) is 42.9 Å². The maximum absolute atomic E-state index is 14.2. The summed E-state index contributed by atoms with van der Waals surface area (Å²) in [6.45, 7) is 3.72. The summed E-state index contributed by atoms with van der Waals surface area (Å²) in [6.07, 6.45) is -0.723. The van der Waals surface area contributed by atoms with E-state index in [1.165, 1.54) is 29.2 Å². The summed E-state index contributed by atoms with van der Waals surface area (Å²) < 4.78 is 0. The molecule has 1 fully saturated rings. The maximum atomic E-state index is 14.2. The van der Waals surface area contributed by atoms with Crippen LogP contribution in [0.1, 0.15) is 58.4 Å². The first kappa shape index (κ1) is 42.7. The Labute approximate surface area is 300 Å². The van der Waals surface area contributed by atoms with Crippen molar-refractivity contribution in [3.05, 3.63) is 29.8 Å². The van der Waals surface area contributed by atoms with Gasteiger partial charge < -0.3 is 53.1 Å². The highest BCUT2D eigenvalue weighted by Crippen LogP contribution is 2.24. The van der Waals surface area contributed by atoms with E-state index in [4.69, 9.17) is 17.2 Å². The van der Waals surface area contributed by atoms with Crippen molar-refractivity contribution in [2.24, 2.45) is 23.1 Å². The van der Waals surface area contributed by atoms with Gasteiger partial charge in [0.1, 0.15) is 42.2 Å². The van der Waals surface area contributed by atoms with E-state index >= 15 is 0 Å². The number of aliphatic hydroxyl groups excluding tert-OH is 1. The molecule has 0 aromatic heterocycles. The molecule has 0 aliphatic carbocycles. The van der Waals surface area contributed by atoms with Gasteiger partial charge in [-0.25, -0.2) is 0 Å². The number of nitrogens with one attached hydrogen (secondary N) is 3. The van der Waals surface area contributed by atoms with Gasteiger partial charge in [-0.2, -0.15) is 0 Å². The van der Waals surface area contributed by atoms with Crippen molar-refractivity contribution in [2.75, 3.05) is 13.2 Å². The average molecular weight is 733 g/mol. The van der Waals surface area contributed by atoms with Crippen molar-refractivity contribution < 1.29 is 53.4 Å². The van der Waals surface area contributed by atoms with E-state index in [2.05, 4.69) is 16.0 Å². The van der Waals surface area contributed by atoms with Crippen LogP contribution in [0, 0.1) is 5.92 Å². The highest BCUT2D eigenvalue weighted by Gasteiger charge is 2.43. The van der Waals surface area contributed by atoms with Gasteiger partial charge >= 0.3 is 0 Å². The first-order chi connectivity index (χ1) is 24.4. The van der Waals surface area contributed by atoms with E-state index in [1.807, 2.05) is 0 Å². The molecule has 19 heteroatoms. The van der Waals surface area contributed by atoms with Crippen LogP contribution in [0.2, 0.25) is 0 Å². The van der Waals surface area contributed by atoms with Crippen LogP contribution in [-0.2, 0) is 49.6 Å². The topological polar surface area (TPSA) is 315 Å². The summed E-state index contributed by atoms with van der Waals surface area (Å²) in [6, 6.07) is -2.71. The normalized spacial score (nSPS) is 16.8. The molecule has 11 N–H and O–H groups in total. The second kappa shape index (κ2) is 19.8. The van der Waals surface area contributed by atoms with Crippen LogP contribution in [0.25, 0.3) is 0 Å². The number of hydrogen-bond acceptors (Lipinski definition) is 12. The molecule has 6 atom stereocenters. The van der Waals surface area contributed by atoms with Crippen molar-refractivity contribution in [3.63, 3.8) is 0 Å². The summed E-state index contributed by atoms with van der Waals surface area (Å²) in [4.78, 5) is 117. The number of aldehydes is 1. The fourth-order valence-electron chi connectivity index (χ4n) is 5.62. The lowest BCUT2D eigenvalue weighted by Gasteiger charge is -2.34. The van der Waals surface area contributed by atoms with Crippen LogP contribution in [0.5, 0.6) is 5.75 Å². The Balaban J connectivity index is 2.46. The van der Waals surface area contributed by atoms with E-state index in [1.54, 1.807) is 13.8 Å². The summed E-state index contributed by atoms with van der Waals surface area (Å²) in [5, 5.41) is 26.0. The first-order valence-corrected chi connectivity index (χ1v) is 16.6. The fraction of sp³-hybridized carbons (Fsp3) is 0.545. The summed E-state index contributed by atoms with van der Waals surface area (Å²) in [7, 11) is 0. The van der Waals surface area contributed by atoms with E-state index in [0.29, 0.717) is 18.3 Å². The number of aliphatic hydroxyl groups is 1. The van der Waals surface area contributed by atoms with Crippen molar-refractivity contribution in [2.45, 2.75) is 95.5 Å². The van der Waals surface area contributed by atoms with Crippen molar-refractivity contribution in [1.82, 2.24) is 25.8 Å². The highest BCUT2D eigenvalue weighted by atomic mass is 16.3. The van der Waals surface area contributed by atoms with Gasteiger partial charge in [0.15, 0.2) is 0 Å². The molecule has 0 unspecified atom stereocenters. The van der Waals surface area contributed by atoms with E-state index in [0.717, 1.165) is 11.8 Å². The number of nitrogens with two attached hydrogens (primary N) is 3. The van der Waals surface area contributed by atoms with Crippen molar-refractivity contribution in [3.8, 4) is 5.75 Å². The molecule has 1 saturated heterocycles. The van der Waals surface area contributed by atoms with Gasteiger partial charge in [-0.3, -0.25) is 43.3 Å². The van der Waals surface area contributed by atoms with Gasteiger partial charge in [0, 0.05) is 26.3 Å². The quantitative estimate of drug-likeness (QED) is 0.0641. The molecule has 1 aliphatic rings. The van der Waals surface area contributed by atoms with Gasteiger partial charge in [0.25, 0.3) is 5.91 Å². The van der Waals surface area contributed by atoms with Crippen LogP contribution in [-0.4, -0.2) is 123 Å². The number of amides is 8. The number of hydrogen-bond donors (Lipinski definition) is 8. The van der Waals surface area contributed by atoms with Crippen LogP contribution >= 0.6 is 0 Å². The molecule has 1 heterocycles. The number of imide groups is 1. The van der Waals surface area contributed by atoms with Gasteiger partial charge in [-0.1, -0.05) is 26.0 Å². The average Bonchev–Trinajstić information content (AvgIpc) is 3.57. The first-order valence-electron chi connectivity index (χ1n) is 16.6. The molecule has 0 spiro atoms. The number of likely N-dealkylation sites (tertiary alicyclic amines) is 1. The van der Waals surface area contributed by atoms with Crippen LogP contribution in [0.15, 0.2) is 24.3 Å². The number of nitrogens with zero attached hydrogens (tertiary/aromatic N) is 2. The Morgan fingerprint density at radius 3 is 2.02 bits per heavy atom. The van der Waals surface area contributed by atoms with Gasteiger partial charge in [0.05, 0.1) is 19.1 Å². The predicted octanol–water partition coefficient (Wildman–Crippen LogP) is -3.56. The van der Waals surface area contributed by atoms with Crippen LogP contribution < -0.4 is 33.2 Å². The van der Waals surface area contributed by atoms with Gasteiger partial charge in [0.2, 0.25) is 41.4 Å². The monoisotopic (exact) mass is 732 g/mol. The molecule has 19 nitrogen and oxygen atoms in total. The minimum Gasteiger partial charge on any atom is -0.508 e. The molecule has 1 aromatic carbocycles. The molecule has 0 bridgehead atoms. The van der Waals surface area contributed by atoms with E-state index in [9.17, 15) is 53.4 Å². The largest absolute Gasteiger partial charge is 0.508 e. The zero-order valence-corrected chi connectivity index (χ0v) is 29.3. The summed E-state index contributed by atoms with van der Waals surface area (Å²) in [5.74, 6) is -7.68. The van der Waals surface area contributed by atoms with Crippen LogP contribution in [0.4, 0.5) is 0 Å². The molecular weight excluding hydrogens is 684 g/mol. The second-order valence-corrected chi connectivity index (χ2v) is 12.8. The lowest BCUT2D eigenvalue weighted by Crippen LogP contribution is -2.60. The number of carbonyl (C=O) groups is 9. The molecule has 8 amide bonds. The Kier molecular flexibility index (Phi) is 16.3. The van der Waals surface area contributed by atoms with Gasteiger partial charge in [-0.15, -0.1) is 0 Å². The number of carbonyl (C=O) groups excluding carboxylic acids is 9. The SMILES string of the molecule is CC(=O)N(C(=O)[C@@H]1CCCN1C(=O)[C@H](Cc1ccc(O)cc1)NC(=O)[C@H](CC(N)=O)NC(=O)[C@H](CCC(N)=O)NC(=O)[C@@H](N)CO)[C@H](C=O)C(C)C. The Morgan fingerprint density at radius 1 is 0.923 bits per heavy atom. The molecular formula is C33H48N8O11. The summed E-state index contributed by atoms with van der Waals surface area (Å²) in [5.41, 5.74) is 16.5.